The van der Waals surface area contributed by atoms with Crippen molar-refractivity contribution in [2.24, 2.45) is 5.73 Å². The van der Waals surface area contributed by atoms with Gasteiger partial charge in [-0.2, -0.15) is 0 Å². The first-order chi connectivity index (χ1) is 10.1. The van der Waals surface area contributed by atoms with Crippen LogP contribution in [0.2, 0.25) is 5.02 Å². The molecule has 0 aliphatic carbocycles. The molecule has 0 aliphatic rings. The lowest BCUT2D eigenvalue weighted by atomic mass is 10.0. The standard InChI is InChI=1S/C16H18BrClN2O/c1-10-6-7-11(17)13(8-10)20-14(9-19)16-12(18)4-3-5-15(16)21-2/h3-8,14,20H,9,19H2,1-2H3. The van der Waals surface area contributed by atoms with E-state index in [0.717, 1.165) is 21.5 Å². The highest BCUT2D eigenvalue weighted by atomic mass is 79.9. The third kappa shape index (κ3) is 3.70. The fourth-order valence-electron chi connectivity index (χ4n) is 2.22. The van der Waals surface area contributed by atoms with Crippen LogP contribution in [-0.4, -0.2) is 13.7 Å². The van der Waals surface area contributed by atoms with Crippen molar-refractivity contribution in [1.29, 1.82) is 0 Å². The van der Waals surface area contributed by atoms with E-state index in [1.54, 1.807) is 7.11 Å². The van der Waals surface area contributed by atoms with Gasteiger partial charge in [0.15, 0.2) is 0 Å². The Bertz CT molecular complexity index is 634. The summed E-state index contributed by atoms with van der Waals surface area (Å²) in [7, 11) is 1.63. The van der Waals surface area contributed by atoms with Gasteiger partial charge in [0.05, 0.1) is 13.2 Å². The summed E-state index contributed by atoms with van der Waals surface area (Å²) < 4.78 is 6.39. The fourth-order valence-corrected chi connectivity index (χ4v) is 2.88. The van der Waals surface area contributed by atoms with Crippen LogP contribution in [0.25, 0.3) is 0 Å². The van der Waals surface area contributed by atoms with Gasteiger partial charge in [-0.05, 0) is 52.7 Å². The van der Waals surface area contributed by atoms with Crippen LogP contribution in [0.3, 0.4) is 0 Å². The average Bonchev–Trinajstić information content (AvgIpc) is 2.48. The second kappa shape index (κ2) is 7.16. The maximum Gasteiger partial charge on any atom is 0.125 e. The predicted molar refractivity (Wildman–Crippen MR) is 92.3 cm³/mol. The van der Waals surface area contributed by atoms with Gasteiger partial charge in [-0.1, -0.05) is 23.7 Å². The van der Waals surface area contributed by atoms with Crippen LogP contribution in [0.15, 0.2) is 40.9 Å². The Morgan fingerprint density at radius 2 is 2.10 bits per heavy atom. The Hall–Kier alpha value is -1.23. The van der Waals surface area contributed by atoms with Gasteiger partial charge in [-0.25, -0.2) is 0 Å². The smallest absolute Gasteiger partial charge is 0.125 e. The van der Waals surface area contributed by atoms with E-state index in [9.17, 15) is 0 Å². The second-order valence-corrected chi connectivity index (χ2v) is 6.03. The zero-order valence-electron chi connectivity index (χ0n) is 12.0. The minimum atomic E-state index is -0.133. The first-order valence-corrected chi connectivity index (χ1v) is 7.79. The van der Waals surface area contributed by atoms with E-state index >= 15 is 0 Å². The largest absolute Gasteiger partial charge is 0.496 e. The first kappa shape index (κ1) is 16.1. The summed E-state index contributed by atoms with van der Waals surface area (Å²) in [5.41, 5.74) is 8.96. The molecule has 0 spiro atoms. The highest BCUT2D eigenvalue weighted by Gasteiger charge is 2.19. The van der Waals surface area contributed by atoms with Crippen molar-refractivity contribution in [3.8, 4) is 5.75 Å². The third-order valence-electron chi connectivity index (χ3n) is 3.27. The van der Waals surface area contributed by atoms with Gasteiger partial charge in [-0.15, -0.1) is 0 Å². The van der Waals surface area contributed by atoms with Gasteiger partial charge < -0.3 is 15.8 Å². The molecule has 0 saturated heterocycles. The molecule has 0 bridgehead atoms. The summed E-state index contributed by atoms with van der Waals surface area (Å²) in [6, 6.07) is 11.6. The molecule has 2 aromatic carbocycles. The van der Waals surface area contributed by atoms with E-state index in [-0.39, 0.29) is 6.04 Å². The average molecular weight is 370 g/mol. The lowest BCUT2D eigenvalue weighted by Gasteiger charge is -2.23. The zero-order chi connectivity index (χ0) is 15.4. The molecule has 21 heavy (non-hydrogen) atoms. The number of aryl methyl sites for hydroxylation is 1. The SMILES string of the molecule is COc1cccc(Cl)c1C(CN)Nc1cc(C)ccc1Br. The number of methoxy groups -OCH3 is 1. The molecule has 0 aromatic heterocycles. The van der Waals surface area contributed by atoms with Crippen LogP contribution in [0.4, 0.5) is 5.69 Å². The number of halogens is 2. The van der Waals surface area contributed by atoms with Crippen molar-refractivity contribution in [3.63, 3.8) is 0 Å². The zero-order valence-corrected chi connectivity index (χ0v) is 14.3. The van der Waals surface area contributed by atoms with E-state index in [0.29, 0.717) is 11.6 Å². The molecule has 112 valence electrons. The molecule has 2 rings (SSSR count). The number of nitrogens with two attached hydrogens (primary N) is 1. The molecule has 1 unspecified atom stereocenters. The molecule has 0 heterocycles. The van der Waals surface area contributed by atoms with Gasteiger partial charge in [0.2, 0.25) is 0 Å². The van der Waals surface area contributed by atoms with Crippen LogP contribution < -0.4 is 15.8 Å². The lowest BCUT2D eigenvalue weighted by molar-refractivity contribution is 0.407. The van der Waals surface area contributed by atoms with Gasteiger partial charge in [0.25, 0.3) is 0 Å². The van der Waals surface area contributed by atoms with Gasteiger partial charge in [-0.3, -0.25) is 0 Å². The number of hydrogen-bond acceptors (Lipinski definition) is 3. The molecule has 3 N–H and O–H groups in total. The van der Waals surface area contributed by atoms with E-state index in [4.69, 9.17) is 22.1 Å². The number of anilines is 1. The number of nitrogens with one attached hydrogen (secondary N) is 1. The second-order valence-electron chi connectivity index (χ2n) is 4.77. The van der Waals surface area contributed by atoms with E-state index in [1.807, 2.05) is 37.3 Å². The Kier molecular flexibility index (Phi) is 5.51. The van der Waals surface area contributed by atoms with Crippen molar-refractivity contribution in [2.75, 3.05) is 19.0 Å². The maximum absolute atomic E-state index is 6.33. The number of ether oxygens (including phenoxy) is 1. The van der Waals surface area contributed by atoms with Gasteiger partial charge >= 0.3 is 0 Å². The molecule has 0 aliphatic heterocycles. The molecule has 1 atom stereocenters. The van der Waals surface area contributed by atoms with Crippen molar-refractivity contribution in [1.82, 2.24) is 0 Å². The molecule has 0 amide bonds. The number of benzene rings is 2. The molecule has 0 saturated carbocycles. The fraction of sp³-hybridized carbons (Fsp3) is 0.250. The molecule has 2 aromatic rings. The van der Waals surface area contributed by atoms with Crippen LogP contribution in [0, 0.1) is 6.92 Å². The summed E-state index contributed by atoms with van der Waals surface area (Å²) >= 11 is 9.88. The monoisotopic (exact) mass is 368 g/mol. The third-order valence-corrected chi connectivity index (χ3v) is 4.29. The van der Waals surface area contributed by atoms with Crippen LogP contribution in [-0.2, 0) is 0 Å². The van der Waals surface area contributed by atoms with Gasteiger partial charge in [0, 0.05) is 27.3 Å². The maximum atomic E-state index is 6.33. The molecular formula is C16H18BrClN2O. The van der Waals surface area contributed by atoms with E-state index < -0.39 is 0 Å². The van der Waals surface area contributed by atoms with Crippen LogP contribution in [0.1, 0.15) is 17.2 Å². The summed E-state index contributed by atoms with van der Waals surface area (Å²) in [6.45, 7) is 2.45. The van der Waals surface area contributed by atoms with Crippen molar-refractivity contribution in [3.05, 3.63) is 57.0 Å². The molecule has 5 heteroatoms. The molecule has 0 radical (unpaired) electrons. The lowest BCUT2D eigenvalue weighted by Crippen LogP contribution is -2.22. The van der Waals surface area contributed by atoms with E-state index in [1.165, 1.54) is 5.56 Å². The Balaban J connectivity index is 2.39. The Labute approximate surface area is 138 Å². The summed E-state index contributed by atoms with van der Waals surface area (Å²) in [6.07, 6.45) is 0. The summed E-state index contributed by atoms with van der Waals surface area (Å²) in [4.78, 5) is 0. The predicted octanol–water partition coefficient (Wildman–Crippen LogP) is 4.53. The van der Waals surface area contributed by atoms with Crippen molar-refractivity contribution >= 4 is 33.2 Å². The Morgan fingerprint density at radius 3 is 2.76 bits per heavy atom. The van der Waals surface area contributed by atoms with Crippen LogP contribution in [0.5, 0.6) is 5.75 Å². The summed E-state index contributed by atoms with van der Waals surface area (Å²) in [5.74, 6) is 0.731. The number of hydrogen-bond donors (Lipinski definition) is 2. The quantitative estimate of drug-likeness (QED) is 0.814. The molecule has 0 fully saturated rings. The van der Waals surface area contributed by atoms with E-state index in [2.05, 4.69) is 27.3 Å². The van der Waals surface area contributed by atoms with Gasteiger partial charge in [0.1, 0.15) is 5.75 Å². The van der Waals surface area contributed by atoms with Crippen molar-refractivity contribution in [2.45, 2.75) is 13.0 Å². The highest BCUT2D eigenvalue weighted by Crippen LogP contribution is 2.35. The van der Waals surface area contributed by atoms with Crippen LogP contribution >= 0.6 is 27.5 Å². The first-order valence-electron chi connectivity index (χ1n) is 6.62. The Morgan fingerprint density at radius 1 is 1.33 bits per heavy atom. The normalized spacial score (nSPS) is 12.0. The number of rotatable bonds is 5. The topological polar surface area (TPSA) is 47.3 Å². The highest BCUT2D eigenvalue weighted by molar-refractivity contribution is 9.10. The molecular weight excluding hydrogens is 352 g/mol. The molecule has 3 nitrogen and oxygen atoms in total. The van der Waals surface area contributed by atoms with Crippen molar-refractivity contribution < 1.29 is 4.74 Å². The summed E-state index contributed by atoms with van der Waals surface area (Å²) in [5, 5.41) is 4.07. The minimum Gasteiger partial charge on any atom is -0.496 e. The minimum absolute atomic E-state index is 0.133.